The average Bonchev–Trinajstić information content (AvgIpc) is 2.22. The molecule has 0 aliphatic carbocycles. The van der Waals surface area contributed by atoms with Crippen molar-refractivity contribution in [2.45, 2.75) is 78.6 Å². The Balaban J connectivity index is 3.00. The summed E-state index contributed by atoms with van der Waals surface area (Å²) in [6.07, 6.45) is -0.182. The number of amides is 2. The Labute approximate surface area is 132 Å². The number of rotatable bonds is 1. The molecule has 0 aromatic heterocycles. The first kappa shape index (κ1) is 18.5. The second-order valence-electron chi connectivity index (χ2n) is 7.84. The van der Waals surface area contributed by atoms with E-state index >= 15 is 0 Å². The summed E-state index contributed by atoms with van der Waals surface area (Å²) in [7, 11) is 0. The zero-order valence-electron chi connectivity index (χ0n) is 14.6. The Morgan fingerprint density at radius 1 is 1.05 bits per heavy atom. The van der Waals surface area contributed by atoms with Crippen molar-refractivity contribution in [3.63, 3.8) is 0 Å². The molecule has 1 aliphatic rings. The Morgan fingerprint density at radius 2 is 1.55 bits per heavy atom. The summed E-state index contributed by atoms with van der Waals surface area (Å²) in [5.41, 5.74) is -1.42. The van der Waals surface area contributed by atoms with Crippen LogP contribution in [-0.2, 0) is 19.1 Å². The van der Waals surface area contributed by atoms with Crippen LogP contribution >= 0.6 is 0 Å². The van der Waals surface area contributed by atoms with E-state index in [2.05, 4.69) is 0 Å². The molecule has 0 bridgehead atoms. The molecular weight excluding hydrogens is 286 g/mol. The quantitative estimate of drug-likeness (QED) is 0.696. The molecule has 0 saturated carbocycles. The number of carbonyl (C=O) groups is 3. The number of imide groups is 1. The van der Waals surface area contributed by atoms with Crippen molar-refractivity contribution in [2.75, 3.05) is 0 Å². The lowest BCUT2D eigenvalue weighted by atomic mass is 9.92. The predicted octanol–water partition coefficient (Wildman–Crippen LogP) is 2.89. The number of esters is 1. The van der Waals surface area contributed by atoms with Crippen LogP contribution in [0.2, 0.25) is 0 Å². The van der Waals surface area contributed by atoms with Crippen LogP contribution < -0.4 is 0 Å². The van der Waals surface area contributed by atoms with E-state index in [1.807, 2.05) is 6.92 Å². The normalized spacial score (nSPS) is 23.2. The maximum absolute atomic E-state index is 12.4. The first-order valence-electron chi connectivity index (χ1n) is 7.58. The van der Waals surface area contributed by atoms with Gasteiger partial charge in [0.2, 0.25) is 5.91 Å². The van der Waals surface area contributed by atoms with Gasteiger partial charge in [-0.15, -0.1) is 0 Å². The molecule has 1 fully saturated rings. The molecule has 126 valence electrons. The van der Waals surface area contributed by atoms with Crippen LogP contribution in [0.5, 0.6) is 0 Å². The molecule has 1 aliphatic heterocycles. The lowest BCUT2D eigenvalue weighted by Crippen LogP contribution is -2.55. The van der Waals surface area contributed by atoms with Crippen molar-refractivity contribution in [1.29, 1.82) is 0 Å². The third kappa shape index (κ3) is 5.31. The monoisotopic (exact) mass is 313 g/mol. The number of hydrogen-bond acceptors (Lipinski definition) is 5. The Kier molecular flexibility index (Phi) is 5.25. The van der Waals surface area contributed by atoms with Gasteiger partial charge >= 0.3 is 12.1 Å². The Hall–Kier alpha value is -1.59. The largest absolute Gasteiger partial charge is 0.458 e. The molecule has 22 heavy (non-hydrogen) atoms. The molecule has 0 N–H and O–H groups in total. The zero-order chi connectivity index (χ0) is 17.3. The molecule has 0 aromatic rings. The van der Waals surface area contributed by atoms with E-state index in [0.717, 1.165) is 4.90 Å². The van der Waals surface area contributed by atoms with Crippen molar-refractivity contribution in [2.24, 2.45) is 5.92 Å². The maximum atomic E-state index is 12.4. The fourth-order valence-corrected chi connectivity index (χ4v) is 2.25. The molecule has 1 saturated heterocycles. The van der Waals surface area contributed by atoms with Crippen LogP contribution in [0.4, 0.5) is 4.79 Å². The molecule has 1 heterocycles. The second-order valence-corrected chi connectivity index (χ2v) is 7.84. The summed E-state index contributed by atoms with van der Waals surface area (Å²) < 4.78 is 10.6. The fourth-order valence-electron chi connectivity index (χ4n) is 2.25. The van der Waals surface area contributed by atoms with E-state index in [1.165, 1.54) is 0 Å². The second kappa shape index (κ2) is 6.26. The van der Waals surface area contributed by atoms with E-state index in [9.17, 15) is 14.4 Å². The summed E-state index contributed by atoms with van der Waals surface area (Å²) >= 11 is 0. The van der Waals surface area contributed by atoms with Gasteiger partial charge in [0.25, 0.3) is 0 Å². The van der Waals surface area contributed by atoms with Gasteiger partial charge in [-0.05, 0) is 53.9 Å². The highest BCUT2D eigenvalue weighted by Gasteiger charge is 2.43. The van der Waals surface area contributed by atoms with Crippen LogP contribution in [0, 0.1) is 5.92 Å². The third-order valence-corrected chi connectivity index (χ3v) is 3.00. The van der Waals surface area contributed by atoms with Crippen molar-refractivity contribution in [3.8, 4) is 0 Å². The van der Waals surface area contributed by atoms with Crippen LogP contribution in [0.1, 0.15) is 61.3 Å². The number of hydrogen-bond donors (Lipinski definition) is 0. The van der Waals surface area contributed by atoms with Gasteiger partial charge in [0.05, 0.1) is 0 Å². The third-order valence-electron chi connectivity index (χ3n) is 3.00. The van der Waals surface area contributed by atoms with E-state index in [1.54, 1.807) is 41.5 Å². The van der Waals surface area contributed by atoms with Crippen LogP contribution in [0.3, 0.4) is 0 Å². The van der Waals surface area contributed by atoms with Crippen LogP contribution in [-0.4, -0.2) is 40.1 Å². The molecular formula is C16H27NO5. The van der Waals surface area contributed by atoms with Gasteiger partial charge in [-0.25, -0.2) is 14.5 Å². The zero-order valence-corrected chi connectivity index (χ0v) is 14.6. The summed E-state index contributed by atoms with van der Waals surface area (Å²) in [5.74, 6) is -0.953. The van der Waals surface area contributed by atoms with Gasteiger partial charge in [-0.1, -0.05) is 6.92 Å². The first-order valence-corrected chi connectivity index (χ1v) is 7.58. The van der Waals surface area contributed by atoms with Gasteiger partial charge < -0.3 is 9.47 Å². The number of nitrogens with zero attached hydrogens (tertiary/aromatic N) is 1. The molecule has 0 spiro atoms. The highest BCUT2D eigenvalue weighted by atomic mass is 16.6. The van der Waals surface area contributed by atoms with Gasteiger partial charge in [-0.3, -0.25) is 4.79 Å². The highest BCUT2D eigenvalue weighted by Crippen LogP contribution is 2.27. The van der Waals surface area contributed by atoms with E-state index in [-0.39, 0.29) is 12.3 Å². The molecule has 0 radical (unpaired) electrons. The molecule has 6 heteroatoms. The van der Waals surface area contributed by atoms with Gasteiger partial charge in [0.1, 0.15) is 17.2 Å². The molecule has 0 aromatic carbocycles. The minimum Gasteiger partial charge on any atom is -0.458 e. The van der Waals surface area contributed by atoms with Crippen LogP contribution in [0.15, 0.2) is 0 Å². The number of likely N-dealkylation sites (tertiary alicyclic amines) is 1. The number of piperidine rings is 1. The van der Waals surface area contributed by atoms with Crippen molar-refractivity contribution in [3.05, 3.63) is 0 Å². The van der Waals surface area contributed by atoms with E-state index in [4.69, 9.17) is 9.47 Å². The standard InChI is InChI=1S/C16H27NO5/c1-10-8-11(13(19)21-15(2,3)4)17(12(18)9-10)14(20)22-16(5,6)7/h10-11H,8-9H2,1-7H3/t10-,11-/m1/s1. The molecule has 0 unspecified atom stereocenters. The lowest BCUT2D eigenvalue weighted by Gasteiger charge is -2.37. The first-order chi connectivity index (χ1) is 9.80. The molecule has 2 atom stereocenters. The summed E-state index contributed by atoms with van der Waals surface area (Å²) in [5, 5.41) is 0. The van der Waals surface area contributed by atoms with Gasteiger partial charge in [-0.2, -0.15) is 0 Å². The summed E-state index contributed by atoms with van der Waals surface area (Å²) in [6, 6.07) is -0.926. The Bertz CT molecular complexity index is 458. The predicted molar refractivity (Wildman–Crippen MR) is 81.1 cm³/mol. The molecule has 6 nitrogen and oxygen atoms in total. The van der Waals surface area contributed by atoms with Crippen molar-refractivity contribution >= 4 is 18.0 Å². The van der Waals surface area contributed by atoms with Crippen molar-refractivity contribution in [1.82, 2.24) is 4.90 Å². The Morgan fingerprint density at radius 3 is 2.00 bits per heavy atom. The SMILES string of the molecule is C[C@H]1CC(=O)N(C(=O)OC(C)(C)C)[C@@H](C(=O)OC(C)(C)C)C1. The lowest BCUT2D eigenvalue weighted by molar-refractivity contribution is -0.167. The summed E-state index contributed by atoms with van der Waals surface area (Å²) in [4.78, 5) is 37.8. The molecule has 1 rings (SSSR count). The smallest absolute Gasteiger partial charge is 0.417 e. The number of carbonyl (C=O) groups excluding carboxylic acids is 3. The highest BCUT2D eigenvalue weighted by molar-refractivity contribution is 5.98. The van der Waals surface area contributed by atoms with Gasteiger partial charge in [0, 0.05) is 6.42 Å². The van der Waals surface area contributed by atoms with E-state index in [0.29, 0.717) is 6.42 Å². The number of ether oxygens (including phenoxy) is 2. The van der Waals surface area contributed by atoms with Crippen LogP contribution in [0.25, 0.3) is 0 Å². The average molecular weight is 313 g/mol. The maximum Gasteiger partial charge on any atom is 0.417 e. The molecule has 2 amide bonds. The fraction of sp³-hybridized carbons (Fsp3) is 0.812. The van der Waals surface area contributed by atoms with Gasteiger partial charge in [0.15, 0.2) is 0 Å². The van der Waals surface area contributed by atoms with Crippen molar-refractivity contribution < 1.29 is 23.9 Å². The minimum absolute atomic E-state index is 0.0173. The summed E-state index contributed by atoms with van der Waals surface area (Å²) in [6.45, 7) is 12.3. The topological polar surface area (TPSA) is 72.9 Å². The minimum atomic E-state index is -0.926. The van der Waals surface area contributed by atoms with E-state index < -0.39 is 35.2 Å².